The van der Waals surface area contributed by atoms with Gasteiger partial charge in [0.2, 0.25) is 0 Å². The highest BCUT2D eigenvalue weighted by Gasteiger charge is 2.18. The summed E-state index contributed by atoms with van der Waals surface area (Å²) in [4.78, 5) is 11.6. The predicted octanol–water partition coefficient (Wildman–Crippen LogP) is 2.34. The number of rotatable bonds is 3. The van der Waals surface area contributed by atoms with Crippen LogP contribution >= 0.6 is 0 Å². The first kappa shape index (κ1) is 15.1. The van der Waals surface area contributed by atoms with E-state index >= 15 is 0 Å². The SMILES string of the molecule is Cc1nc2c(N3CCNCC3)nccc2n1Cc1ccc(F)cc1. The molecule has 1 N–H and O–H groups in total. The third-order valence-electron chi connectivity index (χ3n) is 4.51. The van der Waals surface area contributed by atoms with Gasteiger partial charge in [-0.1, -0.05) is 12.1 Å². The quantitative estimate of drug-likeness (QED) is 0.803. The lowest BCUT2D eigenvalue weighted by Crippen LogP contribution is -2.44. The molecule has 3 aromatic rings. The molecule has 0 saturated carbocycles. The molecule has 0 bridgehead atoms. The van der Waals surface area contributed by atoms with Crippen LogP contribution in [0.5, 0.6) is 0 Å². The molecule has 0 spiro atoms. The van der Waals surface area contributed by atoms with Gasteiger partial charge < -0.3 is 14.8 Å². The Morgan fingerprint density at radius 2 is 1.88 bits per heavy atom. The lowest BCUT2D eigenvalue weighted by Gasteiger charge is -2.28. The predicted molar refractivity (Wildman–Crippen MR) is 92.8 cm³/mol. The summed E-state index contributed by atoms with van der Waals surface area (Å²) in [5.74, 6) is 1.69. The van der Waals surface area contributed by atoms with Crippen LogP contribution in [0, 0.1) is 12.7 Å². The van der Waals surface area contributed by atoms with E-state index in [1.165, 1.54) is 12.1 Å². The van der Waals surface area contributed by atoms with Crippen LogP contribution in [-0.2, 0) is 6.54 Å². The van der Waals surface area contributed by atoms with Crippen LogP contribution < -0.4 is 10.2 Å². The summed E-state index contributed by atoms with van der Waals surface area (Å²) in [7, 11) is 0. The smallest absolute Gasteiger partial charge is 0.156 e. The summed E-state index contributed by atoms with van der Waals surface area (Å²) in [6.07, 6.45) is 1.85. The second kappa shape index (κ2) is 6.20. The highest BCUT2D eigenvalue weighted by molar-refractivity contribution is 5.87. The number of hydrogen-bond donors (Lipinski definition) is 1. The molecule has 3 heterocycles. The van der Waals surface area contributed by atoms with Crippen molar-refractivity contribution in [3.8, 4) is 0 Å². The van der Waals surface area contributed by atoms with E-state index < -0.39 is 0 Å². The van der Waals surface area contributed by atoms with Crippen LogP contribution in [-0.4, -0.2) is 40.7 Å². The maximum absolute atomic E-state index is 13.1. The minimum Gasteiger partial charge on any atom is -0.352 e. The third-order valence-corrected chi connectivity index (χ3v) is 4.51. The van der Waals surface area contributed by atoms with Crippen molar-refractivity contribution in [2.24, 2.45) is 0 Å². The van der Waals surface area contributed by atoms with Crippen molar-refractivity contribution < 1.29 is 4.39 Å². The summed E-state index contributed by atoms with van der Waals surface area (Å²) in [6.45, 7) is 6.49. The zero-order chi connectivity index (χ0) is 16.5. The first-order chi connectivity index (χ1) is 11.7. The molecular weight excluding hydrogens is 305 g/mol. The Kier molecular flexibility index (Phi) is 3.90. The lowest BCUT2D eigenvalue weighted by molar-refractivity contribution is 0.586. The maximum atomic E-state index is 13.1. The Bertz CT molecular complexity index is 850. The van der Waals surface area contributed by atoms with Crippen LogP contribution in [0.25, 0.3) is 11.0 Å². The standard InChI is InChI=1S/C18H20FN5/c1-13-22-17-16(24(13)12-14-2-4-15(19)5-3-14)6-7-21-18(17)23-10-8-20-9-11-23/h2-7,20H,8-12H2,1H3. The molecule has 0 unspecified atom stereocenters. The third kappa shape index (κ3) is 2.73. The van der Waals surface area contributed by atoms with Crippen molar-refractivity contribution in [3.05, 3.63) is 53.7 Å². The highest BCUT2D eigenvalue weighted by Crippen LogP contribution is 2.25. The number of fused-ring (bicyclic) bond motifs is 1. The molecule has 2 aromatic heterocycles. The van der Waals surface area contributed by atoms with Gasteiger partial charge in [-0.3, -0.25) is 0 Å². The van der Waals surface area contributed by atoms with E-state index in [1.807, 2.05) is 31.3 Å². The van der Waals surface area contributed by atoms with Crippen molar-refractivity contribution in [1.29, 1.82) is 0 Å². The normalized spacial score (nSPS) is 15.2. The molecule has 124 valence electrons. The van der Waals surface area contributed by atoms with Gasteiger partial charge in [0, 0.05) is 38.9 Å². The Morgan fingerprint density at radius 3 is 2.62 bits per heavy atom. The molecule has 0 atom stereocenters. The molecule has 0 radical (unpaired) electrons. The van der Waals surface area contributed by atoms with Gasteiger partial charge in [0.15, 0.2) is 5.82 Å². The van der Waals surface area contributed by atoms with E-state index in [4.69, 9.17) is 4.98 Å². The van der Waals surface area contributed by atoms with E-state index in [0.717, 1.165) is 54.4 Å². The Balaban J connectivity index is 1.74. The molecule has 5 nitrogen and oxygen atoms in total. The fourth-order valence-electron chi connectivity index (χ4n) is 3.23. The van der Waals surface area contributed by atoms with Crippen LogP contribution in [0.4, 0.5) is 10.2 Å². The molecule has 1 aliphatic rings. The molecule has 0 amide bonds. The van der Waals surface area contributed by atoms with Crippen molar-refractivity contribution in [2.45, 2.75) is 13.5 Å². The summed E-state index contributed by atoms with van der Waals surface area (Å²) in [5.41, 5.74) is 3.07. The fourth-order valence-corrected chi connectivity index (χ4v) is 3.23. The molecule has 6 heteroatoms. The zero-order valence-electron chi connectivity index (χ0n) is 13.7. The number of benzene rings is 1. The van der Waals surface area contributed by atoms with Crippen LogP contribution in [0.2, 0.25) is 0 Å². The Labute approximate surface area is 140 Å². The van der Waals surface area contributed by atoms with Gasteiger partial charge in [0.1, 0.15) is 17.2 Å². The van der Waals surface area contributed by atoms with Gasteiger partial charge in [-0.15, -0.1) is 0 Å². The summed E-state index contributed by atoms with van der Waals surface area (Å²) in [5, 5.41) is 3.36. The Morgan fingerprint density at radius 1 is 1.12 bits per heavy atom. The second-order valence-corrected chi connectivity index (χ2v) is 6.11. The molecule has 24 heavy (non-hydrogen) atoms. The van der Waals surface area contributed by atoms with Gasteiger partial charge in [0.25, 0.3) is 0 Å². The summed E-state index contributed by atoms with van der Waals surface area (Å²) in [6, 6.07) is 8.64. The first-order valence-corrected chi connectivity index (χ1v) is 8.24. The number of nitrogens with one attached hydrogen (secondary N) is 1. The largest absolute Gasteiger partial charge is 0.352 e. The molecule has 1 aliphatic heterocycles. The van der Waals surface area contributed by atoms with Crippen molar-refractivity contribution >= 4 is 16.9 Å². The van der Waals surface area contributed by atoms with Gasteiger partial charge in [0.05, 0.1) is 5.52 Å². The van der Waals surface area contributed by atoms with Gasteiger partial charge in [-0.25, -0.2) is 14.4 Å². The average Bonchev–Trinajstić information content (AvgIpc) is 2.93. The van der Waals surface area contributed by atoms with Crippen LogP contribution in [0.15, 0.2) is 36.5 Å². The fraction of sp³-hybridized carbons (Fsp3) is 0.333. The monoisotopic (exact) mass is 325 g/mol. The van der Waals surface area contributed by atoms with Crippen molar-refractivity contribution in [2.75, 3.05) is 31.1 Å². The molecule has 1 fully saturated rings. The maximum Gasteiger partial charge on any atom is 0.156 e. The van der Waals surface area contributed by atoms with E-state index in [0.29, 0.717) is 6.54 Å². The van der Waals surface area contributed by atoms with E-state index in [9.17, 15) is 4.39 Å². The highest BCUT2D eigenvalue weighted by atomic mass is 19.1. The molecule has 4 rings (SSSR count). The number of aromatic nitrogens is 3. The van der Waals surface area contributed by atoms with Crippen LogP contribution in [0.3, 0.4) is 0 Å². The molecular formula is C18H20FN5. The molecule has 0 aliphatic carbocycles. The second-order valence-electron chi connectivity index (χ2n) is 6.11. The number of piperazine rings is 1. The number of halogens is 1. The van der Waals surface area contributed by atoms with E-state index in [2.05, 4.69) is 19.8 Å². The number of pyridine rings is 1. The van der Waals surface area contributed by atoms with Gasteiger partial charge >= 0.3 is 0 Å². The van der Waals surface area contributed by atoms with Crippen molar-refractivity contribution in [3.63, 3.8) is 0 Å². The number of imidazole rings is 1. The van der Waals surface area contributed by atoms with E-state index in [1.54, 1.807) is 0 Å². The molecule has 1 aromatic carbocycles. The van der Waals surface area contributed by atoms with E-state index in [-0.39, 0.29) is 5.82 Å². The summed E-state index contributed by atoms with van der Waals surface area (Å²) < 4.78 is 15.3. The lowest BCUT2D eigenvalue weighted by atomic mass is 10.2. The number of hydrogen-bond acceptors (Lipinski definition) is 4. The van der Waals surface area contributed by atoms with Gasteiger partial charge in [-0.05, 0) is 30.7 Å². The minimum atomic E-state index is -0.212. The number of nitrogens with zero attached hydrogens (tertiary/aromatic N) is 4. The average molecular weight is 325 g/mol. The zero-order valence-corrected chi connectivity index (χ0v) is 13.7. The Hall–Kier alpha value is -2.47. The summed E-state index contributed by atoms with van der Waals surface area (Å²) >= 11 is 0. The number of anilines is 1. The number of aryl methyl sites for hydroxylation is 1. The first-order valence-electron chi connectivity index (χ1n) is 8.24. The van der Waals surface area contributed by atoms with Crippen molar-refractivity contribution in [1.82, 2.24) is 19.9 Å². The minimum absolute atomic E-state index is 0.212. The van der Waals surface area contributed by atoms with Gasteiger partial charge in [-0.2, -0.15) is 0 Å². The molecule has 1 saturated heterocycles. The topological polar surface area (TPSA) is 46.0 Å². The van der Waals surface area contributed by atoms with Crippen LogP contribution in [0.1, 0.15) is 11.4 Å².